The molecule has 5 nitrogen and oxygen atoms in total. The van der Waals surface area contributed by atoms with Crippen LogP contribution in [0.15, 0.2) is 0 Å². The lowest BCUT2D eigenvalue weighted by Gasteiger charge is -2.32. The largest absolute Gasteiger partial charge is 0.336 e. The second-order valence-electron chi connectivity index (χ2n) is 5.30. The monoisotopic (exact) mass is 240 g/mol. The molecule has 0 aliphatic carbocycles. The number of amides is 3. The third kappa shape index (κ3) is 2.60. The molecule has 2 saturated heterocycles. The number of urea groups is 1. The van der Waals surface area contributed by atoms with E-state index < -0.39 is 0 Å². The predicted octanol–water partition coefficient (Wildman–Crippen LogP) is -0.758. The molecule has 0 spiro atoms. The fourth-order valence-corrected chi connectivity index (χ4v) is 2.81. The van der Waals surface area contributed by atoms with E-state index in [0.29, 0.717) is 19.0 Å². The molecule has 3 atom stereocenters. The van der Waals surface area contributed by atoms with Crippen molar-refractivity contribution in [3.8, 4) is 0 Å². The van der Waals surface area contributed by atoms with Crippen molar-refractivity contribution >= 4 is 11.9 Å². The second kappa shape index (κ2) is 5.04. The summed E-state index contributed by atoms with van der Waals surface area (Å²) in [5, 5.41) is 2.67. The molecule has 96 valence electrons. The van der Waals surface area contributed by atoms with Crippen molar-refractivity contribution in [2.75, 3.05) is 26.2 Å². The van der Waals surface area contributed by atoms with E-state index in [-0.39, 0.29) is 18.0 Å². The Balaban J connectivity index is 1.96. The maximum Gasteiger partial charge on any atom is 0.324 e. The van der Waals surface area contributed by atoms with Gasteiger partial charge in [0.2, 0.25) is 0 Å². The first kappa shape index (κ1) is 12.4. The van der Waals surface area contributed by atoms with Gasteiger partial charge in [0, 0.05) is 19.0 Å². The highest BCUT2D eigenvalue weighted by molar-refractivity contribution is 5.97. The Hall–Kier alpha value is -1.10. The summed E-state index contributed by atoms with van der Waals surface area (Å²) in [4.78, 5) is 26.3. The lowest BCUT2D eigenvalue weighted by molar-refractivity contribution is -0.922. The third-order valence-corrected chi connectivity index (χ3v) is 3.91. The number of piperidine rings is 1. The van der Waals surface area contributed by atoms with Gasteiger partial charge in [-0.1, -0.05) is 6.92 Å². The average Bonchev–Trinajstić information content (AvgIpc) is 2.73. The lowest BCUT2D eigenvalue weighted by Crippen LogP contribution is -3.18. The molecule has 0 aromatic rings. The maximum atomic E-state index is 12.2. The molecule has 0 radical (unpaired) electrons. The number of nitrogens with zero attached hydrogens (tertiary/aromatic N) is 1. The SMILES string of the molecule is C[C@H]1CCC[NH+]([C@@H](C)C(=O)N2CCNC2=O)C1. The van der Waals surface area contributed by atoms with E-state index in [1.807, 2.05) is 6.92 Å². The van der Waals surface area contributed by atoms with Crippen LogP contribution in [-0.2, 0) is 4.79 Å². The summed E-state index contributed by atoms with van der Waals surface area (Å²) in [6, 6.07) is -0.326. The van der Waals surface area contributed by atoms with Crippen LogP contribution in [0.2, 0.25) is 0 Å². The summed E-state index contributed by atoms with van der Waals surface area (Å²) in [5.41, 5.74) is 0. The first-order valence-electron chi connectivity index (χ1n) is 6.53. The molecule has 1 unspecified atom stereocenters. The number of likely N-dealkylation sites (tertiary alicyclic amines) is 1. The Kier molecular flexibility index (Phi) is 3.66. The van der Waals surface area contributed by atoms with Gasteiger partial charge in [-0.2, -0.15) is 0 Å². The van der Waals surface area contributed by atoms with Crippen molar-refractivity contribution in [2.24, 2.45) is 5.92 Å². The molecule has 0 aromatic carbocycles. The van der Waals surface area contributed by atoms with Gasteiger partial charge in [-0.15, -0.1) is 0 Å². The van der Waals surface area contributed by atoms with Gasteiger partial charge < -0.3 is 10.2 Å². The molecule has 17 heavy (non-hydrogen) atoms. The molecular formula is C12H22N3O2+. The fourth-order valence-electron chi connectivity index (χ4n) is 2.81. The molecular weight excluding hydrogens is 218 g/mol. The number of quaternary nitrogens is 1. The molecule has 2 aliphatic rings. The third-order valence-electron chi connectivity index (χ3n) is 3.91. The van der Waals surface area contributed by atoms with Crippen LogP contribution >= 0.6 is 0 Å². The number of hydrogen-bond donors (Lipinski definition) is 2. The zero-order valence-corrected chi connectivity index (χ0v) is 10.7. The normalized spacial score (nSPS) is 31.2. The molecule has 0 saturated carbocycles. The van der Waals surface area contributed by atoms with E-state index in [0.717, 1.165) is 13.1 Å². The Morgan fingerprint density at radius 2 is 2.35 bits per heavy atom. The van der Waals surface area contributed by atoms with Crippen LogP contribution in [0, 0.1) is 5.92 Å². The summed E-state index contributed by atoms with van der Waals surface area (Å²) in [7, 11) is 0. The van der Waals surface area contributed by atoms with Gasteiger partial charge in [0.1, 0.15) is 0 Å². The van der Waals surface area contributed by atoms with Crippen LogP contribution < -0.4 is 10.2 Å². The summed E-state index contributed by atoms with van der Waals surface area (Å²) in [6.45, 7) is 7.38. The molecule has 2 fully saturated rings. The Bertz CT molecular complexity index is 319. The van der Waals surface area contributed by atoms with E-state index in [2.05, 4.69) is 12.2 Å². The van der Waals surface area contributed by atoms with Crippen molar-refractivity contribution in [3.05, 3.63) is 0 Å². The minimum absolute atomic E-state index is 0.0240. The molecule has 2 heterocycles. The molecule has 0 aromatic heterocycles. The van der Waals surface area contributed by atoms with Crippen LogP contribution in [0.5, 0.6) is 0 Å². The minimum Gasteiger partial charge on any atom is -0.336 e. The Labute approximate surface area is 102 Å². The fraction of sp³-hybridized carbons (Fsp3) is 0.833. The van der Waals surface area contributed by atoms with Gasteiger partial charge in [-0.05, 0) is 19.8 Å². The molecule has 3 amide bonds. The lowest BCUT2D eigenvalue weighted by atomic mass is 9.99. The van der Waals surface area contributed by atoms with Crippen LogP contribution in [0.4, 0.5) is 4.79 Å². The van der Waals surface area contributed by atoms with E-state index in [1.54, 1.807) is 0 Å². The summed E-state index contributed by atoms with van der Waals surface area (Å²) >= 11 is 0. The smallest absolute Gasteiger partial charge is 0.324 e. The molecule has 2 rings (SSSR count). The highest BCUT2D eigenvalue weighted by Gasteiger charge is 2.36. The van der Waals surface area contributed by atoms with Crippen LogP contribution in [0.25, 0.3) is 0 Å². The minimum atomic E-state index is -0.230. The van der Waals surface area contributed by atoms with E-state index >= 15 is 0 Å². The van der Waals surface area contributed by atoms with E-state index in [1.165, 1.54) is 22.6 Å². The number of carbonyl (C=O) groups is 2. The first-order valence-corrected chi connectivity index (χ1v) is 6.53. The Morgan fingerprint density at radius 3 is 2.94 bits per heavy atom. The van der Waals surface area contributed by atoms with Gasteiger partial charge in [-0.3, -0.25) is 9.69 Å². The van der Waals surface area contributed by atoms with Gasteiger partial charge in [0.05, 0.1) is 13.1 Å². The van der Waals surface area contributed by atoms with E-state index in [9.17, 15) is 9.59 Å². The number of hydrogen-bond acceptors (Lipinski definition) is 2. The van der Waals surface area contributed by atoms with Crippen molar-refractivity contribution in [1.82, 2.24) is 10.2 Å². The van der Waals surface area contributed by atoms with Crippen molar-refractivity contribution in [2.45, 2.75) is 32.7 Å². The van der Waals surface area contributed by atoms with Crippen molar-refractivity contribution in [3.63, 3.8) is 0 Å². The van der Waals surface area contributed by atoms with Gasteiger partial charge in [-0.25, -0.2) is 4.79 Å². The zero-order valence-electron chi connectivity index (χ0n) is 10.7. The standard InChI is InChI=1S/C12H21N3O2/c1-9-4-3-6-14(8-9)10(2)11(16)15-7-5-13-12(15)17/h9-10H,3-8H2,1-2H3,(H,13,17)/p+1/t9-,10-/m0/s1. The van der Waals surface area contributed by atoms with Crippen LogP contribution in [0.3, 0.4) is 0 Å². The van der Waals surface area contributed by atoms with Gasteiger partial charge in [0.25, 0.3) is 5.91 Å². The number of nitrogens with one attached hydrogen (secondary N) is 2. The summed E-state index contributed by atoms with van der Waals surface area (Å²) in [6.07, 6.45) is 2.44. The number of carbonyl (C=O) groups excluding carboxylic acids is 2. The summed E-state index contributed by atoms with van der Waals surface area (Å²) in [5.74, 6) is 0.658. The van der Waals surface area contributed by atoms with Crippen LogP contribution in [0.1, 0.15) is 26.7 Å². The average molecular weight is 240 g/mol. The van der Waals surface area contributed by atoms with E-state index in [4.69, 9.17) is 0 Å². The van der Waals surface area contributed by atoms with Crippen LogP contribution in [-0.4, -0.2) is 49.1 Å². The van der Waals surface area contributed by atoms with Crippen molar-refractivity contribution < 1.29 is 14.5 Å². The number of imide groups is 1. The molecule has 5 heteroatoms. The highest BCUT2D eigenvalue weighted by atomic mass is 16.2. The first-order chi connectivity index (χ1) is 8.09. The topological polar surface area (TPSA) is 53.9 Å². The molecule has 2 N–H and O–H groups in total. The predicted molar refractivity (Wildman–Crippen MR) is 63.7 cm³/mol. The Morgan fingerprint density at radius 1 is 1.59 bits per heavy atom. The highest BCUT2D eigenvalue weighted by Crippen LogP contribution is 2.06. The summed E-state index contributed by atoms with van der Waals surface area (Å²) < 4.78 is 0. The van der Waals surface area contributed by atoms with Crippen molar-refractivity contribution in [1.29, 1.82) is 0 Å². The van der Waals surface area contributed by atoms with Gasteiger partial charge in [0.15, 0.2) is 6.04 Å². The number of rotatable bonds is 2. The van der Waals surface area contributed by atoms with Gasteiger partial charge >= 0.3 is 6.03 Å². The second-order valence-corrected chi connectivity index (χ2v) is 5.30. The molecule has 2 aliphatic heterocycles. The zero-order chi connectivity index (χ0) is 12.4. The quantitative estimate of drug-likeness (QED) is 0.667. The maximum absolute atomic E-state index is 12.2. The molecule has 0 bridgehead atoms.